The van der Waals surface area contributed by atoms with Crippen LogP contribution < -0.4 is 4.57 Å². The number of para-hydroxylation sites is 2. The fraction of sp³-hybridized carbons (Fsp3) is 0.0345. The smallest absolute Gasteiger partial charge is 0.285 e. The fourth-order valence-corrected chi connectivity index (χ4v) is 4.26. The van der Waals surface area contributed by atoms with Gasteiger partial charge in [-0.25, -0.2) is 4.57 Å². The van der Waals surface area contributed by atoms with Crippen LogP contribution in [0.5, 0.6) is 0 Å². The molecular formula is C29H20IrN4. The van der Waals surface area contributed by atoms with Crippen molar-refractivity contribution in [2.45, 2.75) is 6.54 Å². The van der Waals surface area contributed by atoms with E-state index in [1.54, 1.807) is 0 Å². The Kier molecular flexibility index (Phi) is 6.22. The van der Waals surface area contributed by atoms with Crippen LogP contribution in [0.1, 0.15) is 5.56 Å². The summed E-state index contributed by atoms with van der Waals surface area (Å²) in [4.78, 5) is 13.3. The summed E-state index contributed by atoms with van der Waals surface area (Å²) in [6.45, 7) is 0.934. The summed E-state index contributed by atoms with van der Waals surface area (Å²) < 4.78 is 2.23. The van der Waals surface area contributed by atoms with Gasteiger partial charge in [-0.1, -0.05) is 54.6 Å². The predicted octanol–water partition coefficient (Wildman–Crippen LogP) is 5.65. The van der Waals surface area contributed by atoms with E-state index in [1.807, 2.05) is 67.1 Å². The average molecular weight is 617 g/mol. The second kappa shape index (κ2) is 9.60. The van der Waals surface area contributed by atoms with Gasteiger partial charge in [-0.3, -0.25) is 9.97 Å². The van der Waals surface area contributed by atoms with Crippen molar-refractivity contribution in [3.63, 3.8) is 0 Å². The molecule has 2 aromatic heterocycles. The van der Waals surface area contributed by atoms with Crippen molar-refractivity contribution in [2.75, 3.05) is 0 Å². The molecule has 34 heavy (non-hydrogen) atoms. The van der Waals surface area contributed by atoms with Crippen molar-refractivity contribution in [1.82, 2.24) is 15.0 Å². The van der Waals surface area contributed by atoms with Crippen LogP contribution in [-0.4, -0.2) is 15.0 Å². The molecule has 1 aliphatic heterocycles. The maximum atomic E-state index is 4.50. The van der Waals surface area contributed by atoms with Crippen LogP contribution in [0.3, 0.4) is 0 Å². The van der Waals surface area contributed by atoms with Gasteiger partial charge in [-0.05, 0) is 23.2 Å². The topological polar surface area (TPSA) is 42.5 Å². The Morgan fingerprint density at radius 3 is 2.38 bits per heavy atom. The van der Waals surface area contributed by atoms with Crippen LogP contribution in [0.25, 0.3) is 44.5 Å². The minimum atomic E-state index is 0. The SMILES string of the molecule is [Ir].[c-]1ccccc1-c1ncc2ccccc2n1.c1ccc2c(c1)C[n+]1cnc3ccccc3c1-2. The Bertz CT molecular complexity index is 1600. The first-order valence-corrected chi connectivity index (χ1v) is 10.9. The molecule has 0 fully saturated rings. The molecular weight excluding hydrogens is 597 g/mol. The van der Waals surface area contributed by atoms with Gasteiger partial charge >= 0.3 is 0 Å². The van der Waals surface area contributed by atoms with E-state index < -0.39 is 0 Å². The molecule has 0 N–H and O–H groups in total. The molecule has 5 heteroatoms. The van der Waals surface area contributed by atoms with E-state index in [2.05, 4.69) is 68.0 Å². The van der Waals surface area contributed by atoms with Crippen LogP contribution in [0.15, 0.2) is 110 Å². The van der Waals surface area contributed by atoms with E-state index in [-0.39, 0.29) is 20.1 Å². The van der Waals surface area contributed by atoms with Crippen LogP contribution in [0.2, 0.25) is 0 Å². The number of hydrogen-bond acceptors (Lipinski definition) is 3. The van der Waals surface area contributed by atoms with E-state index >= 15 is 0 Å². The maximum Gasteiger partial charge on any atom is 0.287 e. The molecule has 0 atom stereocenters. The quantitative estimate of drug-likeness (QED) is 0.177. The molecule has 3 heterocycles. The van der Waals surface area contributed by atoms with E-state index in [4.69, 9.17) is 0 Å². The fourth-order valence-electron chi connectivity index (χ4n) is 4.26. The number of fused-ring (bicyclic) bond motifs is 6. The molecule has 4 aromatic carbocycles. The summed E-state index contributed by atoms with van der Waals surface area (Å²) in [6.07, 6.45) is 3.79. The predicted molar refractivity (Wildman–Crippen MR) is 130 cm³/mol. The molecule has 0 amide bonds. The minimum absolute atomic E-state index is 0. The third-order valence-corrected chi connectivity index (χ3v) is 5.83. The first kappa shape index (κ1) is 22.0. The molecule has 0 saturated heterocycles. The molecule has 4 nitrogen and oxygen atoms in total. The van der Waals surface area contributed by atoms with Crippen molar-refractivity contribution >= 4 is 21.8 Å². The minimum Gasteiger partial charge on any atom is -0.285 e. The second-order valence-electron chi connectivity index (χ2n) is 7.92. The summed E-state index contributed by atoms with van der Waals surface area (Å²) in [5.41, 5.74) is 6.97. The van der Waals surface area contributed by atoms with Crippen LogP contribution in [0, 0.1) is 6.07 Å². The number of hydrogen-bond donors (Lipinski definition) is 0. The molecule has 0 bridgehead atoms. The number of nitrogens with zero attached hydrogens (tertiary/aromatic N) is 4. The Morgan fingerprint density at radius 2 is 1.50 bits per heavy atom. The average Bonchev–Trinajstić information content (AvgIpc) is 3.29. The van der Waals surface area contributed by atoms with Crippen molar-refractivity contribution in [3.05, 3.63) is 121 Å². The van der Waals surface area contributed by atoms with Gasteiger partial charge < -0.3 is 0 Å². The Labute approximate surface area is 211 Å². The second-order valence-corrected chi connectivity index (χ2v) is 7.92. The third-order valence-electron chi connectivity index (χ3n) is 5.83. The van der Waals surface area contributed by atoms with Crippen molar-refractivity contribution in [3.8, 4) is 22.6 Å². The zero-order chi connectivity index (χ0) is 22.0. The van der Waals surface area contributed by atoms with E-state index in [1.165, 1.54) is 22.2 Å². The van der Waals surface area contributed by atoms with Gasteiger partial charge in [0.05, 0.1) is 16.7 Å². The van der Waals surface area contributed by atoms with Gasteiger partial charge in [-0.2, -0.15) is 0 Å². The first-order valence-electron chi connectivity index (χ1n) is 10.9. The zero-order valence-corrected chi connectivity index (χ0v) is 20.6. The van der Waals surface area contributed by atoms with Gasteiger partial charge in [0.25, 0.3) is 6.33 Å². The summed E-state index contributed by atoms with van der Waals surface area (Å²) in [7, 11) is 0. The van der Waals surface area contributed by atoms with Gasteiger partial charge in [0, 0.05) is 42.8 Å². The molecule has 7 rings (SSSR count). The number of aromatic nitrogens is 4. The zero-order valence-electron chi connectivity index (χ0n) is 18.2. The number of benzene rings is 4. The van der Waals surface area contributed by atoms with Crippen molar-refractivity contribution in [2.24, 2.45) is 0 Å². The molecule has 0 saturated carbocycles. The molecule has 0 aliphatic carbocycles. The number of rotatable bonds is 1. The standard InChI is InChI=1S/C15H11N2.C14H9N2.Ir/c1-2-6-12-11(5-1)9-17-10-16-14-8-4-3-7-13(14)15(12)17;1-2-6-11(7-3-1)14-15-10-12-8-4-5-9-13(12)16-14;/h1-8,10H,9H2;1-6,8-10H;/q+1;-1;. The van der Waals surface area contributed by atoms with Crippen LogP contribution >= 0.6 is 0 Å². The third kappa shape index (κ3) is 4.12. The normalized spacial score (nSPS) is 11.2. The van der Waals surface area contributed by atoms with E-state index in [9.17, 15) is 0 Å². The molecule has 0 unspecified atom stereocenters. The molecule has 165 valence electrons. The Hall–Kier alpha value is -3.79. The Morgan fingerprint density at radius 1 is 0.735 bits per heavy atom. The van der Waals surface area contributed by atoms with Crippen LogP contribution in [0.4, 0.5) is 0 Å². The van der Waals surface area contributed by atoms with Gasteiger partial charge in [0.1, 0.15) is 12.2 Å². The summed E-state index contributed by atoms with van der Waals surface area (Å²) in [6, 6.07) is 35.7. The maximum absolute atomic E-state index is 4.50. The summed E-state index contributed by atoms with van der Waals surface area (Å²) in [5, 5.41) is 2.29. The summed E-state index contributed by atoms with van der Waals surface area (Å²) >= 11 is 0. The van der Waals surface area contributed by atoms with E-state index in [0.29, 0.717) is 0 Å². The van der Waals surface area contributed by atoms with Crippen molar-refractivity contribution in [1.29, 1.82) is 0 Å². The molecule has 6 aromatic rings. The van der Waals surface area contributed by atoms with Crippen LogP contribution in [-0.2, 0) is 26.7 Å². The Balaban J connectivity index is 0.000000138. The largest absolute Gasteiger partial charge is 0.287 e. The van der Waals surface area contributed by atoms with Gasteiger partial charge in [-0.15, -0.1) is 35.9 Å². The van der Waals surface area contributed by atoms with Gasteiger partial charge in [0.15, 0.2) is 5.52 Å². The van der Waals surface area contributed by atoms with E-state index in [0.717, 1.165) is 34.4 Å². The molecule has 1 radical (unpaired) electrons. The summed E-state index contributed by atoms with van der Waals surface area (Å²) in [5.74, 6) is 0.722. The van der Waals surface area contributed by atoms with Gasteiger partial charge in [0.2, 0.25) is 0 Å². The molecule has 0 spiro atoms. The monoisotopic (exact) mass is 617 g/mol. The molecule has 1 aliphatic rings. The first-order chi connectivity index (χ1) is 16.4. The van der Waals surface area contributed by atoms with Crippen molar-refractivity contribution < 1.29 is 24.7 Å².